The van der Waals surface area contributed by atoms with E-state index in [1.54, 1.807) is 0 Å². The van der Waals surface area contributed by atoms with E-state index in [0.29, 0.717) is 0 Å². The molecule has 0 aliphatic heterocycles. The van der Waals surface area contributed by atoms with Crippen LogP contribution >= 0.6 is 0 Å². The molecule has 3 nitrogen and oxygen atoms in total. The van der Waals surface area contributed by atoms with E-state index in [9.17, 15) is 4.79 Å². The van der Waals surface area contributed by atoms with Crippen molar-refractivity contribution in [2.24, 2.45) is 17.1 Å². The average Bonchev–Trinajstić information content (AvgIpc) is 2.04. The van der Waals surface area contributed by atoms with Gasteiger partial charge in [0, 0.05) is 6.04 Å². The minimum absolute atomic E-state index is 0.153. The molecule has 2 saturated carbocycles. The highest BCUT2D eigenvalue weighted by molar-refractivity contribution is 5.77. The first-order valence-electron chi connectivity index (χ1n) is 4.16. The monoisotopic (exact) mass is 155 g/mol. The Morgan fingerprint density at radius 1 is 1.45 bits per heavy atom. The largest absolute Gasteiger partial charge is 0.481 e. The summed E-state index contributed by atoms with van der Waals surface area (Å²) in [6.07, 6.45) is 3.57. The molecule has 0 aromatic rings. The molecule has 2 fully saturated rings. The fourth-order valence-electron chi connectivity index (χ4n) is 2.59. The van der Waals surface area contributed by atoms with Gasteiger partial charge in [-0.15, -0.1) is 0 Å². The number of carboxylic acids is 1. The number of fused-ring (bicyclic) bond motifs is 1. The van der Waals surface area contributed by atoms with Crippen LogP contribution in [0.5, 0.6) is 0 Å². The topological polar surface area (TPSA) is 63.3 Å². The predicted molar refractivity (Wildman–Crippen MR) is 40.0 cm³/mol. The molecule has 3 heteroatoms. The number of nitrogens with two attached hydrogens (primary N) is 1. The van der Waals surface area contributed by atoms with E-state index in [2.05, 4.69) is 0 Å². The number of carboxylic acid groups (broad SMARTS) is 1. The Labute approximate surface area is 65.6 Å². The molecule has 0 saturated heterocycles. The van der Waals surface area contributed by atoms with Crippen LogP contribution in [0.1, 0.15) is 25.7 Å². The molecular weight excluding hydrogens is 142 g/mol. The van der Waals surface area contributed by atoms with Gasteiger partial charge in [0.05, 0.1) is 5.41 Å². The minimum atomic E-state index is -0.623. The molecule has 3 atom stereocenters. The lowest BCUT2D eigenvalue weighted by molar-refractivity contribution is -0.158. The van der Waals surface area contributed by atoms with Crippen LogP contribution in [0.4, 0.5) is 0 Å². The molecule has 11 heavy (non-hydrogen) atoms. The maximum absolute atomic E-state index is 10.9. The number of rotatable bonds is 1. The second-order valence-corrected chi connectivity index (χ2v) is 3.81. The van der Waals surface area contributed by atoms with Crippen molar-refractivity contribution < 1.29 is 9.90 Å². The van der Waals surface area contributed by atoms with Crippen LogP contribution in [-0.2, 0) is 4.79 Å². The summed E-state index contributed by atoms with van der Waals surface area (Å²) in [7, 11) is 0. The summed E-state index contributed by atoms with van der Waals surface area (Å²) >= 11 is 0. The maximum Gasteiger partial charge on any atom is 0.309 e. The van der Waals surface area contributed by atoms with Crippen molar-refractivity contribution in [2.45, 2.75) is 31.7 Å². The standard InChI is InChI=1S/C8H13NO2/c9-6-2-4-8(7(10)11)3-1-5(6)8/h5-6H,1-4,9H2,(H,10,11)/t5-,6-,8-/m1/s1. The van der Waals surface area contributed by atoms with Crippen molar-refractivity contribution in [1.82, 2.24) is 0 Å². The summed E-state index contributed by atoms with van der Waals surface area (Å²) in [5.74, 6) is -0.346. The molecule has 2 aliphatic rings. The Morgan fingerprint density at radius 3 is 2.36 bits per heavy atom. The first-order chi connectivity index (χ1) is 5.17. The second-order valence-electron chi connectivity index (χ2n) is 3.81. The lowest BCUT2D eigenvalue weighted by Gasteiger charge is -2.42. The van der Waals surface area contributed by atoms with Gasteiger partial charge in [-0.2, -0.15) is 0 Å². The quantitative estimate of drug-likeness (QED) is 0.582. The smallest absolute Gasteiger partial charge is 0.309 e. The van der Waals surface area contributed by atoms with Crippen LogP contribution in [0.15, 0.2) is 0 Å². The molecule has 0 bridgehead atoms. The highest BCUT2D eigenvalue weighted by Gasteiger charge is 2.58. The van der Waals surface area contributed by atoms with Crippen molar-refractivity contribution >= 4 is 5.97 Å². The van der Waals surface area contributed by atoms with Crippen molar-refractivity contribution in [3.63, 3.8) is 0 Å². The first-order valence-corrected chi connectivity index (χ1v) is 4.16. The van der Waals surface area contributed by atoms with Crippen LogP contribution < -0.4 is 5.73 Å². The van der Waals surface area contributed by atoms with Crippen LogP contribution in [0.2, 0.25) is 0 Å². The molecule has 0 aromatic carbocycles. The summed E-state index contributed by atoms with van der Waals surface area (Å²) in [5.41, 5.74) is 5.38. The van der Waals surface area contributed by atoms with E-state index in [4.69, 9.17) is 10.8 Å². The van der Waals surface area contributed by atoms with Gasteiger partial charge < -0.3 is 10.8 Å². The van der Waals surface area contributed by atoms with Gasteiger partial charge in [0.2, 0.25) is 0 Å². The van der Waals surface area contributed by atoms with Gasteiger partial charge >= 0.3 is 5.97 Å². The van der Waals surface area contributed by atoms with Gasteiger partial charge in [-0.1, -0.05) is 0 Å². The Balaban J connectivity index is 2.22. The van der Waals surface area contributed by atoms with Crippen LogP contribution in [0.25, 0.3) is 0 Å². The number of hydrogen-bond acceptors (Lipinski definition) is 2. The van der Waals surface area contributed by atoms with Gasteiger partial charge in [0.1, 0.15) is 0 Å². The van der Waals surface area contributed by atoms with E-state index >= 15 is 0 Å². The van der Waals surface area contributed by atoms with Crippen molar-refractivity contribution in [1.29, 1.82) is 0 Å². The van der Waals surface area contributed by atoms with Crippen LogP contribution in [-0.4, -0.2) is 17.1 Å². The average molecular weight is 155 g/mol. The molecule has 3 N–H and O–H groups in total. The molecule has 0 spiro atoms. The fraction of sp³-hybridized carbons (Fsp3) is 0.875. The second kappa shape index (κ2) is 1.97. The third-order valence-electron chi connectivity index (χ3n) is 3.48. The van der Waals surface area contributed by atoms with Gasteiger partial charge in [0.25, 0.3) is 0 Å². The first kappa shape index (κ1) is 7.10. The van der Waals surface area contributed by atoms with Crippen LogP contribution in [0.3, 0.4) is 0 Å². The molecule has 62 valence electrons. The van der Waals surface area contributed by atoms with Gasteiger partial charge in [0.15, 0.2) is 0 Å². The van der Waals surface area contributed by atoms with E-state index < -0.39 is 11.4 Å². The van der Waals surface area contributed by atoms with Crippen LogP contribution in [0, 0.1) is 11.3 Å². The van der Waals surface area contributed by atoms with Crippen molar-refractivity contribution in [2.75, 3.05) is 0 Å². The molecule has 0 radical (unpaired) electrons. The Kier molecular flexibility index (Phi) is 1.27. The van der Waals surface area contributed by atoms with Crippen molar-refractivity contribution in [3.8, 4) is 0 Å². The van der Waals surface area contributed by atoms with Gasteiger partial charge in [-0.3, -0.25) is 4.79 Å². The van der Waals surface area contributed by atoms with E-state index in [0.717, 1.165) is 25.7 Å². The lowest BCUT2D eigenvalue weighted by Crippen LogP contribution is -2.48. The number of aliphatic carboxylic acids is 1. The zero-order valence-electron chi connectivity index (χ0n) is 6.42. The third kappa shape index (κ3) is 0.692. The molecule has 0 aromatic heterocycles. The summed E-state index contributed by atoms with van der Waals surface area (Å²) in [4.78, 5) is 10.9. The Bertz CT molecular complexity index is 204. The molecule has 0 heterocycles. The lowest BCUT2D eigenvalue weighted by atomic mass is 9.61. The van der Waals surface area contributed by atoms with E-state index in [-0.39, 0.29) is 12.0 Å². The SMILES string of the molecule is N[C@@H]1CC[C@]2(C(=O)O)CC[C@H]12. The molecule has 0 amide bonds. The molecular formula is C8H13NO2. The number of carbonyl (C=O) groups is 1. The van der Waals surface area contributed by atoms with Crippen molar-refractivity contribution in [3.05, 3.63) is 0 Å². The molecule has 2 aliphatic carbocycles. The zero-order valence-corrected chi connectivity index (χ0v) is 6.42. The molecule has 2 rings (SSSR count). The van der Waals surface area contributed by atoms with E-state index in [1.807, 2.05) is 0 Å². The minimum Gasteiger partial charge on any atom is -0.481 e. The molecule has 0 unspecified atom stereocenters. The summed E-state index contributed by atoms with van der Waals surface area (Å²) in [6.45, 7) is 0. The normalized spacial score (nSPS) is 48.1. The summed E-state index contributed by atoms with van der Waals surface area (Å²) < 4.78 is 0. The highest BCUT2D eigenvalue weighted by atomic mass is 16.4. The summed E-state index contributed by atoms with van der Waals surface area (Å²) in [6, 6.07) is 0.153. The number of hydrogen-bond donors (Lipinski definition) is 2. The summed E-state index contributed by atoms with van der Waals surface area (Å²) in [5, 5.41) is 8.96. The Morgan fingerprint density at radius 2 is 2.09 bits per heavy atom. The van der Waals surface area contributed by atoms with Gasteiger partial charge in [-0.05, 0) is 31.6 Å². The predicted octanol–water partition coefficient (Wildman–Crippen LogP) is 0.588. The third-order valence-corrected chi connectivity index (χ3v) is 3.48. The highest BCUT2D eigenvalue weighted by Crippen LogP contribution is 2.56. The maximum atomic E-state index is 10.9. The fourth-order valence-corrected chi connectivity index (χ4v) is 2.59. The van der Waals surface area contributed by atoms with Gasteiger partial charge in [-0.25, -0.2) is 0 Å². The van der Waals surface area contributed by atoms with E-state index in [1.165, 1.54) is 0 Å². The Hall–Kier alpha value is -0.570. The zero-order chi connectivity index (χ0) is 8.06.